The summed E-state index contributed by atoms with van der Waals surface area (Å²) >= 11 is 0. The van der Waals surface area contributed by atoms with Gasteiger partial charge in [-0.25, -0.2) is 0 Å². The number of nitrogens with zero attached hydrogens (tertiary/aromatic N) is 2. The Morgan fingerprint density at radius 3 is 2.52 bits per heavy atom. The molecular formula is C41H55N11O10S2. The van der Waals surface area contributed by atoms with Gasteiger partial charge in [0.25, 0.3) is 0 Å². The monoisotopic (exact) mass is 925 g/mol. The van der Waals surface area contributed by atoms with Crippen LogP contribution in [0.4, 0.5) is 0 Å². The van der Waals surface area contributed by atoms with Crippen molar-refractivity contribution in [3.63, 3.8) is 0 Å². The number of aromatic amines is 1. The molecule has 1 aromatic carbocycles. The van der Waals surface area contributed by atoms with Crippen molar-refractivity contribution in [3.8, 4) is 0 Å². The summed E-state index contributed by atoms with van der Waals surface area (Å²) in [6.07, 6.45) is 10.1. The first-order chi connectivity index (χ1) is 30.7. The number of carbonyl (C=O) groups excluding carboxylic acids is 7. The number of H-pyrrole nitrogens is 1. The lowest BCUT2D eigenvalue weighted by Gasteiger charge is -2.28. The number of hydrogen-bond acceptors (Lipinski definition) is 14. The smallest absolute Gasteiger partial charge is 0.305 e. The molecule has 0 radical (unpaired) electrons. The maximum Gasteiger partial charge on any atom is 0.305 e. The first-order valence-electron chi connectivity index (χ1n) is 20.7. The van der Waals surface area contributed by atoms with Gasteiger partial charge in [0.2, 0.25) is 41.4 Å². The molecule has 64 heavy (non-hydrogen) atoms. The number of amides is 7. The molecule has 1 aromatic heterocycles. The van der Waals surface area contributed by atoms with E-state index in [1.54, 1.807) is 24.5 Å². The van der Waals surface area contributed by atoms with Crippen LogP contribution in [-0.4, -0.2) is 135 Å². The molecule has 0 aliphatic carbocycles. The number of allylic oxidation sites excluding steroid dienone is 2. The van der Waals surface area contributed by atoms with Gasteiger partial charge in [-0.15, -0.1) is 0 Å². The number of benzene rings is 1. The summed E-state index contributed by atoms with van der Waals surface area (Å²) in [5.74, 6) is -5.63. The van der Waals surface area contributed by atoms with Crippen LogP contribution in [0.5, 0.6) is 0 Å². The highest BCUT2D eigenvalue weighted by Gasteiger charge is 2.43. The first-order valence-corrected chi connectivity index (χ1v) is 23.2. The zero-order valence-corrected chi connectivity index (χ0v) is 36.8. The van der Waals surface area contributed by atoms with Crippen LogP contribution < -0.4 is 43.4 Å². The van der Waals surface area contributed by atoms with E-state index in [1.165, 1.54) is 39.6 Å². The minimum absolute atomic E-state index is 0.0220. The molecule has 0 spiro atoms. The van der Waals surface area contributed by atoms with E-state index in [1.807, 2.05) is 35.4 Å². The fourth-order valence-corrected chi connectivity index (χ4v) is 9.38. The van der Waals surface area contributed by atoms with Gasteiger partial charge in [0.05, 0.1) is 25.7 Å². The molecule has 12 N–H and O–H groups in total. The molecule has 7 amide bonds. The van der Waals surface area contributed by atoms with Crippen LogP contribution in [0.1, 0.15) is 51.0 Å². The summed E-state index contributed by atoms with van der Waals surface area (Å²) < 4.78 is 6.21. The Bertz CT molecular complexity index is 2130. The van der Waals surface area contributed by atoms with Crippen LogP contribution in [0.2, 0.25) is 0 Å². The van der Waals surface area contributed by atoms with Gasteiger partial charge >= 0.3 is 5.97 Å². The van der Waals surface area contributed by atoms with Crippen LogP contribution >= 0.6 is 21.6 Å². The number of hydrogen-bond donors (Lipinski definition) is 10. The molecule has 346 valence electrons. The van der Waals surface area contributed by atoms with E-state index in [0.29, 0.717) is 19.4 Å². The van der Waals surface area contributed by atoms with Gasteiger partial charge in [-0.2, -0.15) is 0 Å². The zero-order chi connectivity index (χ0) is 46.2. The van der Waals surface area contributed by atoms with Crippen molar-refractivity contribution >= 4 is 79.8 Å². The fraction of sp³-hybridized carbons (Fsp3) is 0.463. The van der Waals surface area contributed by atoms with Crippen LogP contribution in [0.3, 0.4) is 0 Å². The highest BCUT2D eigenvalue weighted by atomic mass is 33.1. The second-order valence-electron chi connectivity index (χ2n) is 15.2. The predicted molar refractivity (Wildman–Crippen MR) is 239 cm³/mol. The van der Waals surface area contributed by atoms with E-state index in [0.717, 1.165) is 22.3 Å². The highest BCUT2D eigenvalue weighted by Crippen LogP contribution is 2.27. The Kier molecular flexibility index (Phi) is 18.3. The summed E-state index contributed by atoms with van der Waals surface area (Å²) in [6, 6.07) is 1.27. The number of aromatic nitrogens is 1. The first kappa shape index (κ1) is 48.8. The van der Waals surface area contributed by atoms with Crippen molar-refractivity contribution in [2.24, 2.45) is 11.5 Å². The molecule has 21 nitrogen and oxygen atoms in total. The molecule has 0 bridgehead atoms. The maximum atomic E-state index is 14.0. The van der Waals surface area contributed by atoms with Gasteiger partial charge in [0.15, 0.2) is 0 Å². The molecule has 3 aliphatic heterocycles. The molecule has 2 saturated heterocycles. The summed E-state index contributed by atoms with van der Waals surface area (Å²) in [5.41, 5.74) is 12.9. The Hall–Kier alpha value is -6.20. The topological polar surface area (TPSA) is 313 Å². The number of aliphatic carboxylic acids is 1. The van der Waals surface area contributed by atoms with Crippen LogP contribution in [0, 0.1) is 0 Å². The molecule has 5 rings (SSSR count). The van der Waals surface area contributed by atoms with Crippen LogP contribution in [-0.2, 0) is 49.7 Å². The van der Waals surface area contributed by atoms with Gasteiger partial charge in [-0.05, 0) is 50.6 Å². The molecule has 2 aromatic rings. The largest absolute Gasteiger partial charge is 0.481 e. The molecule has 0 saturated carbocycles. The van der Waals surface area contributed by atoms with Gasteiger partial charge in [-0.1, -0.05) is 39.8 Å². The zero-order valence-electron chi connectivity index (χ0n) is 35.2. The third-order valence-electron chi connectivity index (χ3n) is 10.5. The molecule has 3 aliphatic rings. The third-order valence-corrected chi connectivity index (χ3v) is 12.9. The fourth-order valence-electron chi connectivity index (χ4n) is 7.21. The second-order valence-corrected chi connectivity index (χ2v) is 17.9. The number of nitrogens with one attached hydrogen (secondary N) is 7. The predicted octanol–water partition coefficient (Wildman–Crippen LogP) is -0.665. The second kappa shape index (κ2) is 24.0. The number of primary amides is 1. The minimum atomic E-state index is -1.67. The van der Waals surface area contributed by atoms with Gasteiger partial charge in [0.1, 0.15) is 36.0 Å². The SMILES string of the molecule is CC1NC(=O)C(CC(=O)O)NC(=O)CNC(=O)C(CCCCN2C=CN/C2=C\C=C/N)NC(=O)CCSSCC(C(N)=O)NC(=O)C2CC(OCc3c[nH]c4ccccc34)CN2C1=O. The Balaban J connectivity index is 1.29. The molecular weight excluding hydrogens is 871 g/mol. The standard InChI is InChI=1S/C41H55N11O10S2/c1-24-41(61)52-21-26(62-22-25-19-45-28-8-3-2-7-27(25)28)17-32(52)40(60)50-31(37(43)57)23-64-63-16-11-34(53)48-29(9-4-5-14-51-15-13-44-33(51)10-6-12-42)38(58)46-20-35(54)49-30(18-36(55)56)39(59)47-24/h2-3,6-8,10,12-13,15,19,24,26,29-32,44-45H,4-5,9,11,14,16-18,20-23,42H2,1H3,(H2,43,57)(H,46,58)(H,47,59)(H,48,53)(H,49,54)(H,50,60)(H,55,56)/b12-6-,33-10+. The average Bonchev–Trinajstić information content (AvgIpc) is 4.02. The number of rotatable bonds is 12. The number of para-hydroxylation sites is 1. The summed E-state index contributed by atoms with van der Waals surface area (Å²) in [6.45, 7) is 1.35. The third kappa shape index (κ3) is 14.2. The van der Waals surface area contributed by atoms with Crippen LogP contribution in [0.15, 0.2) is 67.0 Å². The van der Waals surface area contributed by atoms with E-state index < -0.39 is 96.6 Å². The van der Waals surface area contributed by atoms with E-state index in [9.17, 15) is 43.5 Å². The van der Waals surface area contributed by atoms with E-state index in [-0.39, 0.29) is 43.9 Å². The molecule has 2 fully saturated rings. The number of carboxylic acid groups (broad SMARTS) is 1. The quantitative estimate of drug-likeness (QED) is 0.0933. The number of unbranched alkanes of at least 4 members (excludes halogenated alkanes) is 1. The summed E-state index contributed by atoms with van der Waals surface area (Å²) in [5, 5.41) is 26.3. The minimum Gasteiger partial charge on any atom is -0.481 e. The summed E-state index contributed by atoms with van der Waals surface area (Å²) in [4.78, 5) is 112. The van der Waals surface area contributed by atoms with Gasteiger partial charge < -0.3 is 68.0 Å². The van der Waals surface area contributed by atoms with Crippen molar-refractivity contribution < 1.29 is 48.2 Å². The van der Waals surface area contributed by atoms with Crippen molar-refractivity contribution in [2.45, 2.75) is 88.4 Å². The number of carbonyl (C=O) groups is 8. The van der Waals surface area contributed by atoms with Gasteiger partial charge in [0, 0.05) is 72.5 Å². The number of fused-ring (bicyclic) bond motifs is 2. The van der Waals surface area contributed by atoms with Crippen molar-refractivity contribution in [1.82, 2.24) is 46.7 Å². The normalized spacial score (nSPS) is 25.4. The molecule has 4 heterocycles. The number of nitrogens with two attached hydrogens (primary N) is 2. The number of carboxylic acids is 1. The summed E-state index contributed by atoms with van der Waals surface area (Å²) in [7, 11) is 2.44. The maximum absolute atomic E-state index is 14.0. The van der Waals surface area contributed by atoms with Crippen molar-refractivity contribution in [1.29, 1.82) is 0 Å². The van der Waals surface area contributed by atoms with Crippen LogP contribution in [0.25, 0.3) is 10.9 Å². The lowest BCUT2D eigenvalue weighted by Crippen LogP contribution is -2.58. The average molecular weight is 926 g/mol. The van der Waals surface area contributed by atoms with E-state index >= 15 is 0 Å². The van der Waals surface area contributed by atoms with Crippen molar-refractivity contribution in [2.75, 3.05) is 31.1 Å². The van der Waals surface area contributed by atoms with Crippen molar-refractivity contribution in [3.05, 3.63) is 72.6 Å². The molecule has 6 atom stereocenters. The van der Waals surface area contributed by atoms with E-state index in [4.69, 9.17) is 16.2 Å². The van der Waals surface area contributed by atoms with E-state index in [2.05, 4.69) is 36.9 Å². The molecule has 6 unspecified atom stereocenters. The lowest BCUT2D eigenvalue weighted by atomic mass is 10.1. The highest BCUT2D eigenvalue weighted by molar-refractivity contribution is 8.76. The lowest BCUT2D eigenvalue weighted by molar-refractivity contribution is -0.143. The Labute approximate surface area is 377 Å². The number of ether oxygens (including phenoxy) is 1. The molecule has 23 heteroatoms. The Morgan fingerprint density at radius 2 is 1.75 bits per heavy atom. The van der Waals surface area contributed by atoms with Gasteiger partial charge in [-0.3, -0.25) is 38.4 Å². The Morgan fingerprint density at radius 1 is 0.969 bits per heavy atom.